The summed E-state index contributed by atoms with van der Waals surface area (Å²) in [6, 6.07) is 17.9. The molecule has 3 aromatic rings. The first-order valence-electron chi connectivity index (χ1n) is 10.8. The third-order valence-electron chi connectivity index (χ3n) is 5.10. The highest BCUT2D eigenvalue weighted by Gasteiger charge is 2.23. The molecule has 0 saturated heterocycles. The average molecular weight is 492 g/mol. The van der Waals surface area contributed by atoms with E-state index in [0.29, 0.717) is 11.3 Å². The fourth-order valence-electron chi connectivity index (χ4n) is 3.26. The second-order valence-corrected chi connectivity index (χ2v) is 7.62. The van der Waals surface area contributed by atoms with E-state index in [1.807, 2.05) is 0 Å². The highest BCUT2D eigenvalue weighted by atomic mass is 16.5. The smallest absolute Gasteiger partial charge is 0.335 e. The van der Waals surface area contributed by atoms with Crippen LogP contribution in [0.4, 0.5) is 0 Å². The van der Waals surface area contributed by atoms with Gasteiger partial charge in [-0.05, 0) is 41.5 Å². The zero-order valence-corrected chi connectivity index (χ0v) is 19.3. The lowest BCUT2D eigenvalue weighted by Crippen LogP contribution is -2.41. The first-order valence-corrected chi connectivity index (χ1v) is 10.8. The van der Waals surface area contributed by atoms with E-state index >= 15 is 0 Å². The maximum Gasteiger partial charge on any atom is 0.335 e. The molecular formula is C26H24N2O8. The molecule has 3 aromatic carbocycles. The van der Waals surface area contributed by atoms with Gasteiger partial charge in [0.2, 0.25) is 5.91 Å². The van der Waals surface area contributed by atoms with Gasteiger partial charge in [0.25, 0.3) is 5.91 Å². The van der Waals surface area contributed by atoms with Crippen LogP contribution in [0.1, 0.15) is 37.9 Å². The molecule has 2 amide bonds. The number of nitrogens with one attached hydrogen (secondary N) is 2. The van der Waals surface area contributed by atoms with Crippen molar-refractivity contribution in [1.82, 2.24) is 10.6 Å². The van der Waals surface area contributed by atoms with Crippen LogP contribution in [-0.2, 0) is 16.1 Å². The maximum atomic E-state index is 13.0. The maximum absolute atomic E-state index is 13.0. The molecular weight excluding hydrogens is 468 g/mol. The number of methoxy groups -OCH3 is 1. The molecule has 0 bridgehead atoms. The monoisotopic (exact) mass is 492 g/mol. The second kappa shape index (κ2) is 12.0. The van der Waals surface area contributed by atoms with Gasteiger partial charge in [0, 0.05) is 6.54 Å². The highest BCUT2D eigenvalue weighted by Crippen LogP contribution is 2.19. The molecule has 0 aromatic heterocycles. The minimum Gasteiger partial charge on any atom is -0.497 e. The van der Waals surface area contributed by atoms with Gasteiger partial charge in [0.05, 0.1) is 18.2 Å². The topological polar surface area (TPSA) is 151 Å². The summed E-state index contributed by atoms with van der Waals surface area (Å²) in [5.41, 5.74) is 0.771. The summed E-state index contributed by atoms with van der Waals surface area (Å²) in [4.78, 5) is 48.1. The summed E-state index contributed by atoms with van der Waals surface area (Å²) >= 11 is 0. The van der Waals surface area contributed by atoms with Crippen LogP contribution >= 0.6 is 0 Å². The molecule has 0 unspecified atom stereocenters. The van der Waals surface area contributed by atoms with Gasteiger partial charge >= 0.3 is 11.9 Å². The standard InChI is InChI=1S/C26H24N2O8/c1-35-20-9-7-16(8-10-20)14-27-24(30)23(17-5-3-2-4-6-17)28-22(29)15-36-21-12-18(25(31)32)11-19(13-21)26(33)34/h2-13,23H,14-15H2,1H3,(H,27,30)(H,28,29)(H,31,32)(H,33,34)/t23-/m0/s1. The number of hydrogen-bond acceptors (Lipinski definition) is 6. The molecule has 4 N–H and O–H groups in total. The average Bonchev–Trinajstić information content (AvgIpc) is 2.89. The molecule has 0 fully saturated rings. The summed E-state index contributed by atoms with van der Waals surface area (Å²) in [5, 5.41) is 23.8. The summed E-state index contributed by atoms with van der Waals surface area (Å²) in [5.74, 6) is -3.23. The van der Waals surface area contributed by atoms with Crippen molar-refractivity contribution in [2.75, 3.05) is 13.7 Å². The van der Waals surface area contributed by atoms with Gasteiger partial charge in [0.1, 0.15) is 17.5 Å². The highest BCUT2D eigenvalue weighted by molar-refractivity contribution is 5.94. The zero-order valence-electron chi connectivity index (χ0n) is 19.3. The van der Waals surface area contributed by atoms with Crippen LogP contribution in [0.15, 0.2) is 72.8 Å². The Hall–Kier alpha value is -4.86. The molecule has 36 heavy (non-hydrogen) atoms. The van der Waals surface area contributed by atoms with Crippen LogP contribution in [0.2, 0.25) is 0 Å². The Morgan fingerprint density at radius 2 is 1.44 bits per heavy atom. The Morgan fingerprint density at radius 1 is 0.833 bits per heavy atom. The number of aromatic carboxylic acids is 2. The lowest BCUT2D eigenvalue weighted by atomic mass is 10.1. The normalized spacial score (nSPS) is 11.1. The van der Waals surface area contributed by atoms with E-state index in [2.05, 4.69) is 10.6 Å². The predicted molar refractivity (Wildman–Crippen MR) is 128 cm³/mol. The van der Waals surface area contributed by atoms with Gasteiger partial charge in [0.15, 0.2) is 6.61 Å². The van der Waals surface area contributed by atoms with Gasteiger partial charge in [-0.15, -0.1) is 0 Å². The van der Waals surface area contributed by atoms with E-state index in [1.54, 1.807) is 61.7 Å². The minimum atomic E-state index is -1.34. The van der Waals surface area contributed by atoms with Gasteiger partial charge in [-0.2, -0.15) is 0 Å². The van der Waals surface area contributed by atoms with E-state index in [0.717, 1.165) is 23.8 Å². The number of carbonyl (C=O) groups is 4. The summed E-state index contributed by atoms with van der Waals surface area (Å²) in [6.45, 7) is -0.351. The van der Waals surface area contributed by atoms with Gasteiger partial charge in [-0.1, -0.05) is 42.5 Å². The molecule has 0 saturated carbocycles. The summed E-state index contributed by atoms with van der Waals surface area (Å²) in [7, 11) is 1.56. The third-order valence-corrected chi connectivity index (χ3v) is 5.10. The van der Waals surface area contributed by atoms with Gasteiger partial charge in [-0.25, -0.2) is 9.59 Å². The van der Waals surface area contributed by atoms with Crippen LogP contribution in [0, 0.1) is 0 Å². The van der Waals surface area contributed by atoms with E-state index in [4.69, 9.17) is 9.47 Å². The molecule has 3 rings (SSSR count). The number of rotatable bonds is 11. The van der Waals surface area contributed by atoms with Gasteiger partial charge in [-0.3, -0.25) is 9.59 Å². The van der Waals surface area contributed by atoms with Crippen molar-refractivity contribution in [2.24, 2.45) is 0 Å². The van der Waals surface area contributed by atoms with E-state index in [9.17, 15) is 29.4 Å². The van der Waals surface area contributed by atoms with Crippen LogP contribution in [0.5, 0.6) is 11.5 Å². The lowest BCUT2D eigenvalue weighted by molar-refractivity contribution is -0.130. The van der Waals surface area contributed by atoms with Crippen molar-refractivity contribution in [3.05, 3.63) is 95.1 Å². The number of hydrogen-bond donors (Lipinski definition) is 4. The van der Waals surface area contributed by atoms with Crippen molar-refractivity contribution >= 4 is 23.8 Å². The Kier molecular flexibility index (Phi) is 8.60. The molecule has 0 aliphatic carbocycles. The molecule has 1 atom stereocenters. The number of ether oxygens (including phenoxy) is 2. The van der Waals surface area contributed by atoms with Crippen LogP contribution in [-0.4, -0.2) is 47.7 Å². The van der Waals surface area contributed by atoms with Crippen LogP contribution < -0.4 is 20.1 Å². The molecule has 10 nitrogen and oxygen atoms in total. The Balaban J connectivity index is 1.68. The molecule has 0 aliphatic heterocycles. The largest absolute Gasteiger partial charge is 0.497 e. The third kappa shape index (κ3) is 7.07. The molecule has 0 radical (unpaired) electrons. The number of benzene rings is 3. The number of carboxylic acids is 2. The molecule has 10 heteroatoms. The number of carbonyl (C=O) groups excluding carboxylic acids is 2. The Labute approximate surface area is 206 Å². The van der Waals surface area contributed by atoms with E-state index in [-0.39, 0.29) is 23.4 Å². The fraction of sp³-hybridized carbons (Fsp3) is 0.154. The van der Waals surface area contributed by atoms with Crippen molar-refractivity contribution in [1.29, 1.82) is 0 Å². The van der Waals surface area contributed by atoms with Crippen molar-refractivity contribution < 1.29 is 38.9 Å². The first kappa shape index (κ1) is 25.8. The quantitative estimate of drug-likeness (QED) is 0.319. The Morgan fingerprint density at radius 3 is 2.00 bits per heavy atom. The summed E-state index contributed by atoms with van der Waals surface area (Å²) in [6.07, 6.45) is 0. The minimum absolute atomic E-state index is 0.109. The predicted octanol–water partition coefficient (Wildman–Crippen LogP) is 2.64. The summed E-state index contributed by atoms with van der Waals surface area (Å²) < 4.78 is 10.5. The lowest BCUT2D eigenvalue weighted by Gasteiger charge is -2.19. The molecule has 0 heterocycles. The van der Waals surface area contributed by atoms with Crippen molar-refractivity contribution in [3.63, 3.8) is 0 Å². The second-order valence-electron chi connectivity index (χ2n) is 7.62. The van der Waals surface area contributed by atoms with Crippen LogP contribution in [0.25, 0.3) is 0 Å². The molecule has 0 aliphatic rings. The van der Waals surface area contributed by atoms with E-state index < -0.39 is 36.4 Å². The number of carboxylic acid groups (broad SMARTS) is 2. The first-order chi connectivity index (χ1) is 17.3. The van der Waals surface area contributed by atoms with E-state index in [1.165, 1.54) is 0 Å². The van der Waals surface area contributed by atoms with Crippen molar-refractivity contribution in [2.45, 2.75) is 12.6 Å². The van der Waals surface area contributed by atoms with Crippen LogP contribution in [0.3, 0.4) is 0 Å². The van der Waals surface area contributed by atoms with Crippen molar-refractivity contribution in [3.8, 4) is 11.5 Å². The fourth-order valence-corrected chi connectivity index (χ4v) is 3.26. The van der Waals surface area contributed by atoms with Gasteiger partial charge < -0.3 is 30.3 Å². The SMILES string of the molecule is COc1ccc(CNC(=O)[C@@H](NC(=O)COc2cc(C(=O)O)cc(C(=O)O)c2)c2ccccc2)cc1. The number of amides is 2. The zero-order chi connectivity index (χ0) is 26.1. The molecule has 0 spiro atoms. The Bertz CT molecular complexity index is 1210. The molecule has 186 valence electrons.